The molecule has 0 spiro atoms. The monoisotopic (exact) mass is 250 g/mol. The molecule has 0 bridgehead atoms. The Morgan fingerprint density at radius 3 is 2.29 bits per heavy atom. The number of fused-ring (bicyclic) bond motifs is 2. The second-order valence-electron chi connectivity index (χ2n) is 4.57. The lowest BCUT2D eigenvalue weighted by Gasteiger charge is -2.19. The third-order valence-electron chi connectivity index (χ3n) is 2.87. The summed E-state index contributed by atoms with van der Waals surface area (Å²) in [6.07, 6.45) is 3.12. The van der Waals surface area contributed by atoms with Crippen LogP contribution in [-0.2, 0) is 5.60 Å². The van der Waals surface area contributed by atoms with Crippen LogP contribution in [0.5, 0.6) is 0 Å². The van der Waals surface area contributed by atoms with Crippen LogP contribution in [0.3, 0.4) is 0 Å². The summed E-state index contributed by atoms with van der Waals surface area (Å²) in [6, 6.07) is 3.56. The van der Waals surface area contributed by atoms with Gasteiger partial charge in [0.15, 0.2) is 5.58 Å². The zero-order valence-electron chi connectivity index (χ0n) is 9.45. The minimum atomic E-state index is -1.02. The minimum absolute atomic E-state index is 0.516. The summed E-state index contributed by atoms with van der Waals surface area (Å²) in [5.41, 5.74) is 0.864. The molecule has 0 atom stereocenters. The Labute approximate surface area is 103 Å². The molecule has 0 aliphatic heterocycles. The van der Waals surface area contributed by atoms with Gasteiger partial charge in [-0.1, -0.05) is 11.6 Å². The average Bonchev–Trinajstić information content (AvgIpc) is 2.83. The van der Waals surface area contributed by atoms with Gasteiger partial charge in [0.2, 0.25) is 0 Å². The maximum atomic E-state index is 10.3. The van der Waals surface area contributed by atoms with Gasteiger partial charge in [-0.05, 0) is 26.0 Å². The molecule has 2 heterocycles. The molecular formula is C13H11ClO3. The molecule has 88 valence electrons. The minimum Gasteiger partial charge on any atom is -0.464 e. The number of furan rings is 2. The van der Waals surface area contributed by atoms with E-state index in [9.17, 15) is 5.11 Å². The topological polar surface area (TPSA) is 46.5 Å². The van der Waals surface area contributed by atoms with Crippen molar-refractivity contribution in [2.45, 2.75) is 19.4 Å². The Morgan fingerprint density at radius 2 is 1.65 bits per heavy atom. The molecule has 3 rings (SSSR count). The van der Waals surface area contributed by atoms with Gasteiger partial charge in [0.1, 0.15) is 5.58 Å². The summed E-state index contributed by atoms with van der Waals surface area (Å²) in [7, 11) is 0. The van der Waals surface area contributed by atoms with E-state index < -0.39 is 5.60 Å². The van der Waals surface area contributed by atoms with Crippen LogP contribution in [-0.4, -0.2) is 5.11 Å². The summed E-state index contributed by atoms with van der Waals surface area (Å²) < 4.78 is 10.8. The van der Waals surface area contributed by atoms with Crippen LogP contribution in [0.4, 0.5) is 0 Å². The quantitative estimate of drug-likeness (QED) is 0.708. The molecule has 0 unspecified atom stereocenters. The fourth-order valence-electron chi connectivity index (χ4n) is 2.20. The van der Waals surface area contributed by atoms with Crippen molar-refractivity contribution >= 4 is 33.5 Å². The summed E-state index contributed by atoms with van der Waals surface area (Å²) in [6.45, 7) is 3.43. The number of hydrogen-bond donors (Lipinski definition) is 1. The summed E-state index contributed by atoms with van der Waals surface area (Å²) in [5, 5.41) is 12.3. The highest BCUT2D eigenvalue weighted by molar-refractivity contribution is 6.40. The van der Waals surface area contributed by atoms with Gasteiger partial charge < -0.3 is 13.9 Å². The third kappa shape index (κ3) is 1.39. The van der Waals surface area contributed by atoms with E-state index in [2.05, 4.69) is 0 Å². The van der Waals surface area contributed by atoms with E-state index in [4.69, 9.17) is 20.4 Å². The largest absolute Gasteiger partial charge is 0.464 e. The fraction of sp³-hybridized carbons (Fsp3) is 0.231. The lowest BCUT2D eigenvalue weighted by atomic mass is 9.93. The molecule has 4 heteroatoms. The number of aliphatic hydroxyl groups is 1. The smallest absolute Gasteiger partial charge is 0.153 e. The van der Waals surface area contributed by atoms with Crippen LogP contribution in [0.15, 0.2) is 33.5 Å². The van der Waals surface area contributed by atoms with E-state index in [0.29, 0.717) is 21.8 Å². The zero-order chi connectivity index (χ0) is 12.2. The Balaban J connectivity index is 2.62. The first kappa shape index (κ1) is 10.7. The van der Waals surface area contributed by atoms with Gasteiger partial charge >= 0.3 is 0 Å². The zero-order valence-corrected chi connectivity index (χ0v) is 10.2. The van der Waals surface area contributed by atoms with Gasteiger partial charge in [-0.25, -0.2) is 0 Å². The van der Waals surface area contributed by atoms with Gasteiger partial charge in [-0.15, -0.1) is 0 Å². The molecule has 3 aromatic rings. The van der Waals surface area contributed by atoms with Crippen LogP contribution in [0.1, 0.15) is 19.4 Å². The maximum Gasteiger partial charge on any atom is 0.153 e. The van der Waals surface area contributed by atoms with Crippen molar-refractivity contribution in [2.24, 2.45) is 0 Å². The van der Waals surface area contributed by atoms with E-state index in [0.717, 1.165) is 10.8 Å². The fourth-order valence-corrected chi connectivity index (χ4v) is 2.50. The van der Waals surface area contributed by atoms with Crippen molar-refractivity contribution < 1.29 is 13.9 Å². The molecular weight excluding hydrogens is 240 g/mol. The summed E-state index contributed by atoms with van der Waals surface area (Å²) in [4.78, 5) is 0. The average molecular weight is 251 g/mol. The second-order valence-corrected chi connectivity index (χ2v) is 4.95. The second kappa shape index (κ2) is 3.28. The van der Waals surface area contributed by atoms with Crippen LogP contribution < -0.4 is 0 Å². The van der Waals surface area contributed by atoms with Crippen molar-refractivity contribution in [1.29, 1.82) is 0 Å². The standard InChI is InChI=1S/C13H11ClO3/c1-13(2,15)9-7-3-5-17-12(7)10(14)8-4-6-16-11(8)9/h3-6,15H,1-2H3. The first-order chi connectivity index (χ1) is 8.00. The van der Waals surface area contributed by atoms with Crippen molar-refractivity contribution in [1.82, 2.24) is 0 Å². The predicted molar refractivity (Wildman–Crippen MR) is 66.2 cm³/mol. The van der Waals surface area contributed by atoms with Gasteiger partial charge in [0.25, 0.3) is 0 Å². The van der Waals surface area contributed by atoms with Crippen LogP contribution >= 0.6 is 11.6 Å². The highest BCUT2D eigenvalue weighted by Gasteiger charge is 2.27. The predicted octanol–water partition coefficient (Wildman–Crippen LogP) is 4.06. The molecule has 1 aromatic carbocycles. The Bertz CT molecular complexity index is 649. The third-order valence-corrected chi connectivity index (χ3v) is 3.25. The molecule has 0 amide bonds. The van der Waals surface area contributed by atoms with Crippen molar-refractivity contribution in [3.05, 3.63) is 35.2 Å². The van der Waals surface area contributed by atoms with E-state index in [1.54, 1.807) is 38.5 Å². The molecule has 0 fully saturated rings. The number of halogens is 1. The molecule has 0 aliphatic carbocycles. The normalized spacial score (nSPS) is 12.7. The SMILES string of the molecule is CC(C)(O)c1c2ccoc2c(Cl)c2ccoc12. The van der Waals surface area contributed by atoms with E-state index in [1.807, 2.05) is 0 Å². The molecule has 2 aromatic heterocycles. The van der Waals surface area contributed by atoms with E-state index in [-0.39, 0.29) is 0 Å². The maximum absolute atomic E-state index is 10.3. The summed E-state index contributed by atoms with van der Waals surface area (Å²) >= 11 is 6.24. The Morgan fingerprint density at radius 1 is 1.06 bits per heavy atom. The van der Waals surface area contributed by atoms with E-state index >= 15 is 0 Å². The highest BCUT2D eigenvalue weighted by atomic mass is 35.5. The lowest BCUT2D eigenvalue weighted by molar-refractivity contribution is 0.0807. The van der Waals surface area contributed by atoms with Crippen molar-refractivity contribution in [3.63, 3.8) is 0 Å². The van der Waals surface area contributed by atoms with Crippen LogP contribution in [0.25, 0.3) is 21.9 Å². The number of hydrogen-bond acceptors (Lipinski definition) is 3. The first-order valence-electron chi connectivity index (χ1n) is 5.29. The summed E-state index contributed by atoms with van der Waals surface area (Å²) in [5.74, 6) is 0. The van der Waals surface area contributed by atoms with Gasteiger partial charge in [0.05, 0.1) is 23.2 Å². The first-order valence-corrected chi connectivity index (χ1v) is 5.66. The highest BCUT2D eigenvalue weighted by Crippen LogP contribution is 2.41. The van der Waals surface area contributed by atoms with E-state index in [1.165, 1.54) is 0 Å². The van der Waals surface area contributed by atoms with Crippen molar-refractivity contribution in [2.75, 3.05) is 0 Å². The van der Waals surface area contributed by atoms with Gasteiger partial charge in [-0.3, -0.25) is 0 Å². The number of benzene rings is 1. The van der Waals surface area contributed by atoms with Gasteiger partial charge in [0, 0.05) is 16.3 Å². The molecule has 0 aliphatic rings. The van der Waals surface area contributed by atoms with Crippen LogP contribution in [0.2, 0.25) is 5.02 Å². The molecule has 3 nitrogen and oxygen atoms in total. The molecule has 0 saturated heterocycles. The molecule has 1 N–H and O–H groups in total. The molecule has 0 saturated carbocycles. The van der Waals surface area contributed by atoms with Crippen molar-refractivity contribution in [3.8, 4) is 0 Å². The van der Waals surface area contributed by atoms with Crippen LogP contribution in [0, 0.1) is 0 Å². The Hall–Kier alpha value is -1.45. The Kier molecular flexibility index (Phi) is 2.06. The van der Waals surface area contributed by atoms with Gasteiger partial charge in [-0.2, -0.15) is 0 Å². The molecule has 17 heavy (non-hydrogen) atoms. The molecule has 0 radical (unpaired) electrons. The lowest BCUT2D eigenvalue weighted by Crippen LogP contribution is -2.16. The number of rotatable bonds is 1.